The summed E-state index contributed by atoms with van der Waals surface area (Å²) < 4.78 is 30.9. The van der Waals surface area contributed by atoms with Gasteiger partial charge in [0.05, 0.1) is 7.11 Å². The molecule has 0 aliphatic heterocycles. The van der Waals surface area contributed by atoms with E-state index >= 15 is 0 Å². The zero-order valence-electron chi connectivity index (χ0n) is 5.27. The third-order valence-electron chi connectivity index (χ3n) is 0.577. The molecule has 0 rings (SSSR count). The van der Waals surface area contributed by atoms with Gasteiger partial charge in [0.25, 0.3) is 0 Å². The maximum Gasteiger partial charge on any atom is 0.513 e. The number of hydrogen-bond donors (Lipinski definition) is 0. The SMILES string of the molecule is COC(=O)OC=C(F)CF. The Morgan fingerprint density at radius 2 is 2.30 bits per heavy atom. The molecule has 0 aromatic heterocycles. The van der Waals surface area contributed by atoms with E-state index in [1.807, 2.05) is 0 Å². The highest BCUT2D eigenvalue weighted by Gasteiger charge is 1.98. The monoisotopic (exact) mass is 152 g/mol. The van der Waals surface area contributed by atoms with Gasteiger partial charge in [-0.2, -0.15) is 0 Å². The van der Waals surface area contributed by atoms with E-state index in [1.54, 1.807) is 0 Å². The summed E-state index contributed by atoms with van der Waals surface area (Å²) in [5, 5.41) is 0. The van der Waals surface area contributed by atoms with Crippen molar-refractivity contribution >= 4 is 6.16 Å². The van der Waals surface area contributed by atoms with Gasteiger partial charge in [-0.05, 0) is 0 Å². The van der Waals surface area contributed by atoms with Gasteiger partial charge in [0, 0.05) is 0 Å². The molecule has 58 valence electrons. The van der Waals surface area contributed by atoms with Crippen LogP contribution < -0.4 is 0 Å². The molecular formula is C5H6F2O3. The average Bonchev–Trinajstić information content (AvgIpc) is 1.99. The van der Waals surface area contributed by atoms with Crippen LogP contribution in [0.2, 0.25) is 0 Å². The van der Waals surface area contributed by atoms with Crippen LogP contribution in [0.5, 0.6) is 0 Å². The van der Waals surface area contributed by atoms with Crippen LogP contribution in [-0.4, -0.2) is 19.9 Å². The Morgan fingerprint density at radius 3 is 2.70 bits per heavy atom. The van der Waals surface area contributed by atoms with Crippen molar-refractivity contribution in [3.05, 3.63) is 12.1 Å². The number of ether oxygens (including phenoxy) is 2. The van der Waals surface area contributed by atoms with Crippen LogP contribution in [0.25, 0.3) is 0 Å². The molecule has 0 aromatic carbocycles. The number of allylic oxidation sites excluding steroid dienone is 1. The molecular weight excluding hydrogens is 146 g/mol. The van der Waals surface area contributed by atoms with Gasteiger partial charge in [-0.25, -0.2) is 13.6 Å². The number of carbonyl (C=O) groups excluding carboxylic acids is 1. The second-order valence-corrected chi connectivity index (χ2v) is 1.27. The smallest absolute Gasteiger partial charge is 0.437 e. The Balaban J connectivity index is 3.61. The predicted molar refractivity (Wildman–Crippen MR) is 28.7 cm³/mol. The van der Waals surface area contributed by atoms with Crippen LogP contribution in [0, 0.1) is 0 Å². The van der Waals surface area contributed by atoms with Gasteiger partial charge >= 0.3 is 6.16 Å². The Kier molecular flexibility index (Phi) is 4.19. The number of carbonyl (C=O) groups is 1. The molecule has 0 radical (unpaired) electrons. The maximum atomic E-state index is 11.8. The van der Waals surface area contributed by atoms with E-state index in [0.717, 1.165) is 7.11 Å². The summed E-state index contributed by atoms with van der Waals surface area (Å²) in [4.78, 5) is 10.1. The fraction of sp³-hybridized carbons (Fsp3) is 0.400. The number of hydrogen-bond acceptors (Lipinski definition) is 3. The van der Waals surface area contributed by atoms with Crippen molar-refractivity contribution in [2.45, 2.75) is 0 Å². The van der Waals surface area contributed by atoms with Gasteiger partial charge in [0.2, 0.25) is 0 Å². The normalized spacial score (nSPS) is 10.9. The molecule has 3 nitrogen and oxygen atoms in total. The molecule has 5 heteroatoms. The van der Waals surface area contributed by atoms with Gasteiger partial charge in [0.1, 0.15) is 12.9 Å². The first-order chi connectivity index (χ1) is 4.70. The van der Waals surface area contributed by atoms with Crippen LogP contribution in [0.15, 0.2) is 12.1 Å². The highest BCUT2D eigenvalue weighted by atomic mass is 19.2. The van der Waals surface area contributed by atoms with Gasteiger partial charge in [-0.1, -0.05) is 0 Å². The van der Waals surface area contributed by atoms with Crippen molar-refractivity contribution in [1.29, 1.82) is 0 Å². The molecule has 0 aliphatic carbocycles. The number of methoxy groups -OCH3 is 1. The molecule has 0 bridgehead atoms. The molecule has 0 N–H and O–H groups in total. The standard InChI is InChI=1S/C5H6F2O3/c1-9-5(8)10-3-4(7)2-6/h3H,2H2,1H3. The minimum Gasteiger partial charge on any atom is -0.437 e. The molecule has 0 heterocycles. The first kappa shape index (κ1) is 8.87. The van der Waals surface area contributed by atoms with E-state index in [2.05, 4.69) is 9.47 Å². The summed E-state index contributed by atoms with van der Waals surface area (Å²) >= 11 is 0. The molecule has 0 unspecified atom stereocenters. The van der Waals surface area contributed by atoms with Crippen molar-refractivity contribution in [2.75, 3.05) is 13.8 Å². The van der Waals surface area contributed by atoms with Gasteiger partial charge < -0.3 is 9.47 Å². The lowest BCUT2D eigenvalue weighted by Crippen LogP contribution is -1.98. The van der Waals surface area contributed by atoms with Crippen molar-refractivity contribution in [3.63, 3.8) is 0 Å². The summed E-state index contributed by atoms with van der Waals surface area (Å²) in [6.07, 6.45) is -0.727. The van der Waals surface area contributed by atoms with Gasteiger partial charge in [0.15, 0.2) is 5.83 Å². The summed E-state index contributed by atoms with van der Waals surface area (Å²) in [6.45, 7) is -1.29. The molecule has 0 fully saturated rings. The highest BCUT2D eigenvalue weighted by Crippen LogP contribution is 1.97. The van der Waals surface area contributed by atoms with Crippen LogP contribution in [0.3, 0.4) is 0 Å². The zero-order chi connectivity index (χ0) is 7.98. The average molecular weight is 152 g/mol. The maximum absolute atomic E-state index is 11.8. The molecule has 10 heavy (non-hydrogen) atoms. The van der Waals surface area contributed by atoms with Crippen molar-refractivity contribution in [2.24, 2.45) is 0 Å². The summed E-state index contributed by atoms with van der Waals surface area (Å²) in [6, 6.07) is 0. The summed E-state index contributed by atoms with van der Waals surface area (Å²) in [5.74, 6) is -1.16. The zero-order valence-corrected chi connectivity index (χ0v) is 5.27. The first-order valence-electron chi connectivity index (χ1n) is 2.35. The van der Waals surface area contributed by atoms with Gasteiger partial charge in [-0.15, -0.1) is 0 Å². The van der Waals surface area contributed by atoms with Gasteiger partial charge in [-0.3, -0.25) is 0 Å². The molecule has 0 aromatic rings. The topological polar surface area (TPSA) is 35.5 Å². The van der Waals surface area contributed by atoms with Crippen LogP contribution in [0.1, 0.15) is 0 Å². The van der Waals surface area contributed by atoms with Crippen LogP contribution in [-0.2, 0) is 9.47 Å². The van der Waals surface area contributed by atoms with Crippen LogP contribution in [0.4, 0.5) is 13.6 Å². The molecule has 0 atom stereocenters. The quantitative estimate of drug-likeness (QED) is 0.444. The van der Waals surface area contributed by atoms with E-state index in [1.165, 1.54) is 0 Å². The second kappa shape index (κ2) is 4.72. The lowest BCUT2D eigenvalue weighted by atomic mass is 10.6. The minimum absolute atomic E-state index is 0.353. The van der Waals surface area contributed by atoms with Crippen molar-refractivity contribution < 1.29 is 23.0 Å². The third kappa shape index (κ3) is 3.82. The van der Waals surface area contributed by atoms with E-state index < -0.39 is 18.7 Å². The molecule has 0 saturated carbocycles. The lowest BCUT2D eigenvalue weighted by molar-refractivity contribution is 0.104. The lowest BCUT2D eigenvalue weighted by Gasteiger charge is -1.93. The Labute approximate surface area is 56.2 Å². The minimum atomic E-state index is -1.29. The number of alkyl halides is 1. The molecule has 0 amide bonds. The fourth-order valence-corrected chi connectivity index (χ4v) is 0.192. The van der Waals surface area contributed by atoms with E-state index in [0.29, 0.717) is 6.26 Å². The van der Waals surface area contributed by atoms with Crippen molar-refractivity contribution in [3.8, 4) is 0 Å². The molecule has 0 aliphatic rings. The molecule has 0 saturated heterocycles. The second-order valence-electron chi connectivity index (χ2n) is 1.27. The summed E-state index contributed by atoms with van der Waals surface area (Å²) in [5.41, 5.74) is 0. The number of halogens is 2. The Bertz CT molecular complexity index is 144. The fourth-order valence-electron chi connectivity index (χ4n) is 0.192. The summed E-state index contributed by atoms with van der Waals surface area (Å²) in [7, 11) is 1.06. The Hall–Kier alpha value is -1.13. The predicted octanol–water partition coefficient (Wildman–Crippen LogP) is 1.55. The first-order valence-corrected chi connectivity index (χ1v) is 2.35. The third-order valence-corrected chi connectivity index (χ3v) is 0.577. The Morgan fingerprint density at radius 1 is 1.70 bits per heavy atom. The van der Waals surface area contributed by atoms with Crippen molar-refractivity contribution in [1.82, 2.24) is 0 Å². The van der Waals surface area contributed by atoms with Crippen LogP contribution >= 0.6 is 0 Å². The van der Waals surface area contributed by atoms with E-state index in [4.69, 9.17) is 0 Å². The van der Waals surface area contributed by atoms with E-state index in [-0.39, 0.29) is 0 Å². The molecule has 0 spiro atoms. The largest absolute Gasteiger partial charge is 0.513 e. The van der Waals surface area contributed by atoms with E-state index in [9.17, 15) is 13.6 Å². The highest BCUT2D eigenvalue weighted by molar-refractivity contribution is 5.60. The number of rotatable bonds is 2.